The summed E-state index contributed by atoms with van der Waals surface area (Å²) in [7, 11) is -3.88. The lowest BCUT2D eigenvalue weighted by Crippen LogP contribution is -2.36. The van der Waals surface area contributed by atoms with E-state index in [1.54, 1.807) is 57.2 Å². The minimum absolute atomic E-state index is 0.279. The largest absolute Gasteiger partial charge is 0.513 e. The van der Waals surface area contributed by atoms with Crippen molar-refractivity contribution in [3.63, 3.8) is 0 Å². The van der Waals surface area contributed by atoms with Crippen molar-refractivity contribution in [1.29, 1.82) is 0 Å². The number of hydrogen-bond acceptors (Lipinski definition) is 5. The molecule has 0 bridgehead atoms. The average Bonchev–Trinajstić information content (AvgIpc) is 2.57. The summed E-state index contributed by atoms with van der Waals surface area (Å²) in [6.07, 6.45) is -0.279. The summed E-state index contributed by atoms with van der Waals surface area (Å²) in [6.45, 7) is 5.03. The number of hydrogen-bond donors (Lipinski definition) is 1. The second-order valence-electron chi connectivity index (χ2n) is 5.78. The molecule has 2 atom stereocenters. The van der Waals surface area contributed by atoms with Gasteiger partial charge in [-0.2, -0.15) is 5.09 Å². The molecular weight excluding hydrogens is 468 g/mol. The van der Waals surface area contributed by atoms with E-state index in [4.69, 9.17) is 13.8 Å². The fraction of sp³-hybridized carbons (Fsp3) is 0.278. The Balaban J connectivity index is 2.21. The van der Waals surface area contributed by atoms with Crippen molar-refractivity contribution in [2.24, 2.45) is 0 Å². The van der Waals surface area contributed by atoms with Crippen molar-refractivity contribution in [3.05, 3.63) is 58.2 Å². The molecule has 0 heterocycles. The number of halogens is 1. The highest BCUT2D eigenvalue weighted by atomic mass is 127. The summed E-state index contributed by atoms with van der Waals surface area (Å²) < 4.78 is 30.6. The van der Waals surface area contributed by atoms with Crippen LogP contribution in [0, 0.1) is 3.57 Å². The zero-order chi connectivity index (χ0) is 19.2. The Hall–Kier alpha value is -1.57. The number of benzene rings is 2. The Morgan fingerprint density at radius 2 is 1.50 bits per heavy atom. The first kappa shape index (κ1) is 20.7. The van der Waals surface area contributed by atoms with Crippen LogP contribution in [0.4, 0.5) is 0 Å². The van der Waals surface area contributed by atoms with E-state index in [1.165, 1.54) is 0 Å². The van der Waals surface area contributed by atoms with Crippen LogP contribution in [-0.2, 0) is 14.1 Å². The van der Waals surface area contributed by atoms with Gasteiger partial charge in [-0.15, -0.1) is 0 Å². The van der Waals surface area contributed by atoms with E-state index in [2.05, 4.69) is 27.7 Å². The van der Waals surface area contributed by atoms with Crippen LogP contribution in [0.1, 0.15) is 20.8 Å². The molecule has 0 radical (unpaired) electrons. The molecule has 1 N–H and O–H groups in total. The van der Waals surface area contributed by atoms with Gasteiger partial charge in [-0.1, -0.05) is 18.2 Å². The molecule has 0 saturated carbocycles. The number of carbonyl (C=O) groups excluding carboxylic acids is 1. The van der Waals surface area contributed by atoms with Crippen LogP contribution >= 0.6 is 30.3 Å². The molecule has 0 saturated heterocycles. The summed E-state index contributed by atoms with van der Waals surface area (Å²) >= 11 is 2.16. The van der Waals surface area contributed by atoms with Gasteiger partial charge in [0, 0.05) is 3.57 Å². The molecular formula is C18H21INO5P. The quantitative estimate of drug-likeness (QED) is 0.327. The van der Waals surface area contributed by atoms with Crippen LogP contribution in [0.5, 0.6) is 11.5 Å². The van der Waals surface area contributed by atoms with Gasteiger partial charge in [-0.25, -0.2) is 4.57 Å². The van der Waals surface area contributed by atoms with Crippen LogP contribution in [0.2, 0.25) is 0 Å². The van der Waals surface area contributed by atoms with Crippen LogP contribution in [-0.4, -0.2) is 18.1 Å². The van der Waals surface area contributed by atoms with Gasteiger partial charge in [0.25, 0.3) is 0 Å². The number of esters is 1. The lowest BCUT2D eigenvalue weighted by atomic mass is 10.3. The SMILES string of the molecule is CC(C)OC(=O)[C@H](C)NP(=O)(Oc1ccccc1)Oc1ccc(I)cc1. The van der Waals surface area contributed by atoms with Crippen LogP contribution in [0.3, 0.4) is 0 Å². The Bertz CT molecular complexity index is 767. The van der Waals surface area contributed by atoms with Crippen molar-refractivity contribution in [1.82, 2.24) is 5.09 Å². The maximum Gasteiger partial charge on any atom is 0.513 e. The molecule has 0 aliphatic rings. The molecule has 2 aromatic carbocycles. The summed E-state index contributed by atoms with van der Waals surface area (Å²) in [4.78, 5) is 12.1. The Morgan fingerprint density at radius 1 is 0.962 bits per heavy atom. The van der Waals surface area contributed by atoms with Crippen molar-refractivity contribution >= 4 is 36.3 Å². The summed E-state index contributed by atoms with van der Waals surface area (Å²) in [6, 6.07) is 14.7. The first-order valence-corrected chi connectivity index (χ1v) is 10.7. The fourth-order valence-corrected chi connectivity index (χ4v) is 3.83. The first-order chi connectivity index (χ1) is 12.3. The second kappa shape index (κ2) is 9.39. The normalized spacial score (nSPS) is 14.3. The molecule has 2 aromatic rings. The van der Waals surface area contributed by atoms with E-state index in [0.717, 1.165) is 3.57 Å². The van der Waals surface area contributed by atoms with Gasteiger partial charge in [-0.05, 0) is 79.8 Å². The molecule has 0 aliphatic heterocycles. The monoisotopic (exact) mass is 489 g/mol. The van der Waals surface area contributed by atoms with Gasteiger partial charge in [-0.3, -0.25) is 4.79 Å². The molecule has 1 unspecified atom stereocenters. The van der Waals surface area contributed by atoms with Gasteiger partial charge >= 0.3 is 13.7 Å². The van der Waals surface area contributed by atoms with Gasteiger partial charge in [0.1, 0.15) is 17.5 Å². The van der Waals surface area contributed by atoms with Crippen molar-refractivity contribution in [2.75, 3.05) is 0 Å². The topological polar surface area (TPSA) is 73.9 Å². The third-order valence-electron chi connectivity index (χ3n) is 3.07. The molecule has 0 aromatic heterocycles. The number of nitrogens with one attached hydrogen (secondary N) is 1. The highest BCUT2D eigenvalue weighted by molar-refractivity contribution is 14.1. The highest BCUT2D eigenvalue weighted by Gasteiger charge is 2.34. The Labute approximate surface area is 167 Å². The van der Waals surface area contributed by atoms with Gasteiger partial charge in [0.15, 0.2) is 0 Å². The van der Waals surface area contributed by atoms with Gasteiger partial charge in [0.05, 0.1) is 6.10 Å². The first-order valence-electron chi connectivity index (χ1n) is 8.05. The highest BCUT2D eigenvalue weighted by Crippen LogP contribution is 2.45. The van der Waals surface area contributed by atoms with E-state index in [0.29, 0.717) is 11.5 Å². The van der Waals surface area contributed by atoms with E-state index < -0.39 is 19.8 Å². The molecule has 0 amide bonds. The minimum atomic E-state index is -3.88. The molecule has 0 fully saturated rings. The fourth-order valence-electron chi connectivity index (χ4n) is 1.95. The minimum Gasteiger partial charge on any atom is -0.462 e. The third kappa shape index (κ3) is 6.63. The average molecular weight is 489 g/mol. The zero-order valence-electron chi connectivity index (χ0n) is 14.7. The van der Waals surface area contributed by atoms with Crippen molar-refractivity contribution in [3.8, 4) is 11.5 Å². The number of para-hydroxylation sites is 1. The Kier molecular flexibility index (Phi) is 7.49. The Morgan fingerprint density at radius 3 is 2.04 bits per heavy atom. The van der Waals surface area contributed by atoms with Crippen molar-refractivity contribution in [2.45, 2.75) is 32.9 Å². The van der Waals surface area contributed by atoms with E-state index in [1.807, 2.05) is 18.2 Å². The summed E-state index contributed by atoms with van der Waals surface area (Å²) in [5, 5.41) is 2.64. The standard InChI is InChI=1S/C18H21INO5P/c1-13(2)23-18(21)14(3)20-26(22,24-16-7-5-4-6-8-16)25-17-11-9-15(19)10-12-17/h4-14H,1-3H3,(H,20,22)/t14-,26?/m0/s1. The van der Waals surface area contributed by atoms with E-state index in [-0.39, 0.29) is 6.10 Å². The maximum absolute atomic E-state index is 13.3. The van der Waals surface area contributed by atoms with Crippen LogP contribution in [0.15, 0.2) is 54.6 Å². The molecule has 2 rings (SSSR count). The van der Waals surface area contributed by atoms with Crippen LogP contribution < -0.4 is 14.1 Å². The molecule has 8 heteroatoms. The molecule has 6 nitrogen and oxygen atoms in total. The zero-order valence-corrected chi connectivity index (χ0v) is 17.8. The number of ether oxygens (including phenoxy) is 1. The molecule has 0 spiro atoms. The maximum atomic E-state index is 13.3. The number of rotatable bonds is 8. The van der Waals surface area contributed by atoms with Crippen molar-refractivity contribution < 1.29 is 23.1 Å². The third-order valence-corrected chi connectivity index (χ3v) is 5.39. The van der Waals surface area contributed by atoms with E-state index in [9.17, 15) is 9.36 Å². The molecule has 0 aliphatic carbocycles. The van der Waals surface area contributed by atoms with Crippen LogP contribution in [0.25, 0.3) is 0 Å². The lowest BCUT2D eigenvalue weighted by molar-refractivity contribution is -0.149. The van der Waals surface area contributed by atoms with Gasteiger partial charge < -0.3 is 13.8 Å². The molecule has 26 heavy (non-hydrogen) atoms. The van der Waals surface area contributed by atoms with Gasteiger partial charge in [0.2, 0.25) is 0 Å². The molecule has 140 valence electrons. The summed E-state index contributed by atoms with van der Waals surface area (Å²) in [5.74, 6) is 0.183. The summed E-state index contributed by atoms with van der Waals surface area (Å²) in [5.41, 5.74) is 0. The predicted octanol–water partition coefficient (Wildman–Crippen LogP) is 4.79. The smallest absolute Gasteiger partial charge is 0.462 e. The predicted molar refractivity (Wildman–Crippen MR) is 108 cm³/mol. The number of carbonyl (C=O) groups is 1. The van der Waals surface area contributed by atoms with E-state index >= 15 is 0 Å². The lowest BCUT2D eigenvalue weighted by Gasteiger charge is -2.23. The second-order valence-corrected chi connectivity index (χ2v) is 8.65.